The van der Waals surface area contributed by atoms with E-state index in [2.05, 4.69) is 10.3 Å². The van der Waals surface area contributed by atoms with Gasteiger partial charge in [0.25, 0.3) is 0 Å². The van der Waals surface area contributed by atoms with E-state index in [0.29, 0.717) is 5.56 Å². The smallest absolute Gasteiger partial charge is 0.336 e. The molecule has 0 radical (unpaired) electrons. The van der Waals surface area contributed by atoms with Gasteiger partial charge in [-0.15, -0.1) is 0 Å². The highest BCUT2D eigenvalue weighted by atomic mass is 16.4. The molecule has 1 heterocycles. The Balaban J connectivity index is 2.25. The quantitative estimate of drug-likeness (QED) is 0.881. The number of hydrogen-bond donors (Lipinski definition) is 2. The van der Waals surface area contributed by atoms with Crippen LogP contribution in [0.15, 0.2) is 42.6 Å². The van der Waals surface area contributed by atoms with Crippen molar-refractivity contribution in [2.45, 2.75) is 19.9 Å². The predicted octanol–water partition coefficient (Wildman–Crippen LogP) is 3.26. The minimum atomic E-state index is -0.911. The number of pyridine rings is 1. The fraction of sp³-hybridized carbons (Fsp3) is 0.200. The number of anilines is 1. The molecule has 98 valence electrons. The van der Waals surface area contributed by atoms with Crippen LogP contribution in [0.2, 0.25) is 0 Å². The van der Waals surface area contributed by atoms with E-state index < -0.39 is 5.97 Å². The third kappa shape index (κ3) is 2.91. The second-order valence-electron chi connectivity index (χ2n) is 4.40. The van der Waals surface area contributed by atoms with E-state index in [0.717, 1.165) is 16.9 Å². The van der Waals surface area contributed by atoms with E-state index in [1.165, 1.54) is 0 Å². The Morgan fingerprint density at radius 2 is 2.05 bits per heavy atom. The van der Waals surface area contributed by atoms with Gasteiger partial charge in [-0.2, -0.15) is 0 Å². The maximum absolute atomic E-state index is 11.1. The van der Waals surface area contributed by atoms with Gasteiger partial charge in [-0.05, 0) is 43.7 Å². The Morgan fingerprint density at radius 3 is 2.68 bits per heavy atom. The van der Waals surface area contributed by atoms with Crippen molar-refractivity contribution in [3.63, 3.8) is 0 Å². The van der Waals surface area contributed by atoms with Gasteiger partial charge in [0.05, 0.1) is 17.3 Å². The van der Waals surface area contributed by atoms with Crippen molar-refractivity contribution < 1.29 is 9.90 Å². The number of aromatic carboxylic acids is 1. The summed E-state index contributed by atoms with van der Waals surface area (Å²) in [5, 5.41) is 12.4. The second-order valence-corrected chi connectivity index (χ2v) is 4.40. The zero-order valence-electron chi connectivity index (χ0n) is 10.9. The first-order valence-corrected chi connectivity index (χ1v) is 6.10. The van der Waals surface area contributed by atoms with Crippen LogP contribution >= 0.6 is 0 Å². The van der Waals surface area contributed by atoms with Crippen LogP contribution in [0.1, 0.15) is 34.6 Å². The van der Waals surface area contributed by atoms with Crippen LogP contribution in [0.4, 0.5) is 5.69 Å². The van der Waals surface area contributed by atoms with Crippen molar-refractivity contribution in [3.8, 4) is 0 Å². The number of carbonyl (C=O) groups is 1. The van der Waals surface area contributed by atoms with E-state index >= 15 is 0 Å². The lowest BCUT2D eigenvalue weighted by Crippen LogP contribution is -2.11. The van der Waals surface area contributed by atoms with Crippen molar-refractivity contribution >= 4 is 11.7 Å². The van der Waals surface area contributed by atoms with Gasteiger partial charge in [0.15, 0.2) is 0 Å². The summed E-state index contributed by atoms with van der Waals surface area (Å²) in [4.78, 5) is 15.4. The molecule has 2 aromatic rings. The third-order valence-electron chi connectivity index (χ3n) is 3.07. The van der Waals surface area contributed by atoms with E-state index in [1.54, 1.807) is 25.3 Å². The van der Waals surface area contributed by atoms with Gasteiger partial charge in [-0.25, -0.2) is 4.79 Å². The van der Waals surface area contributed by atoms with Crippen molar-refractivity contribution in [2.24, 2.45) is 0 Å². The summed E-state index contributed by atoms with van der Waals surface area (Å²) < 4.78 is 0. The summed E-state index contributed by atoms with van der Waals surface area (Å²) in [7, 11) is 0. The number of benzene rings is 1. The lowest BCUT2D eigenvalue weighted by molar-refractivity contribution is 0.0696. The maximum Gasteiger partial charge on any atom is 0.336 e. The summed E-state index contributed by atoms with van der Waals surface area (Å²) in [6.07, 6.45) is 1.74. The molecule has 19 heavy (non-hydrogen) atoms. The van der Waals surface area contributed by atoms with Gasteiger partial charge < -0.3 is 10.4 Å². The standard InChI is InChI=1S/C15H16N2O2/c1-10-12(15(18)19)6-5-8-13(10)17-11(2)14-7-3-4-9-16-14/h3-9,11,17H,1-2H3,(H,18,19). The molecule has 2 rings (SSSR count). The molecule has 0 fully saturated rings. The summed E-state index contributed by atoms with van der Waals surface area (Å²) in [6, 6.07) is 11.0. The zero-order valence-corrected chi connectivity index (χ0v) is 10.9. The van der Waals surface area contributed by atoms with Gasteiger partial charge in [-0.3, -0.25) is 4.98 Å². The summed E-state index contributed by atoms with van der Waals surface area (Å²) in [5.74, 6) is -0.911. The van der Waals surface area contributed by atoms with E-state index in [-0.39, 0.29) is 6.04 Å². The van der Waals surface area contributed by atoms with Crippen LogP contribution < -0.4 is 5.32 Å². The lowest BCUT2D eigenvalue weighted by atomic mass is 10.1. The zero-order chi connectivity index (χ0) is 13.8. The molecule has 4 heteroatoms. The molecule has 0 saturated carbocycles. The van der Waals surface area contributed by atoms with Crippen LogP contribution in [0, 0.1) is 6.92 Å². The highest BCUT2D eigenvalue weighted by molar-refractivity contribution is 5.91. The summed E-state index contributed by atoms with van der Waals surface area (Å²) in [5.41, 5.74) is 2.79. The lowest BCUT2D eigenvalue weighted by Gasteiger charge is -2.17. The number of carboxylic acid groups (broad SMARTS) is 1. The average molecular weight is 256 g/mol. The average Bonchev–Trinajstić information content (AvgIpc) is 2.41. The molecule has 1 aromatic heterocycles. The molecular weight excluding hydrogens is 240 g/mol. The Bertz CT molecular complexity index is 582. The van der Waals surface area contributed by atoms with Crippen molar-refractivity contribution in [1.29, 1.82) is 0 Å². The van der Waals surface area contributed by atoms with Crippen molar-refractivity contribution in [1.82, 2.24) is 4.98 Å². The molecule has 0 aliphatic rings. The molecule has 1 atom stereocenters. The SMILES string of the molecule is Cc1c(NC(C)c2ccccn2)cccc1C(=O)O. The van der Waals surface area contributed by atoms with E-state index in [9.17, 15) is 4.79 Å². The third-order valence-corrected chi connectivity index (χ3v) is 3.07. The minimum Gasteiger partial charge on any atom is -0.478 e. The Labute approximate surface area is 112 Å². The monoisotopic (exact) mass is 256 g/mol. The first-order valence-electron chi connectivity index (χ1n) is 6.10. The Kier molecular flexibility index (Phi) is 3.80. The van der Waals surface area contributed by atoms with Crippen LogP contribution in [0.3, 0.4) is 0 Å². The van der Waals surface area contributed by atoms with Crippen LogP contribution in [-0.2, 0) is 0 Å². The molecule has 2 N–H and O–H groups in total. The number of hydrogen-bond acceptors (Lipinski definition) is 3. The highest BCUT2D eigenvalue weighted by Gasteiger charge is 2.12. The molecule has 0 saturated heterocycles. The molecular formula is C15H16N2O2. The fourth-order valence-corrected chi connectivity index (χ4v) is 1.96. The first kappa shape index (κ1) is 13.1. The van der Waals surface area contributed by atoms with Gasteiger partial charge in [0.2, 0.25) is 0 Å². The second kappa shape index (κ2) is 5.52. The normalized spacial score (nSPS) is 11.9. The topological polar surface area (TPSA) is 62.2 Å². The number of aromatic nitrogens is 1. The number of carboxylic acids is 1. The summed E-state index contributed by atoms with van der Waals surface area (Å²) in [6.45, 7) is 3.80. The van der Waals surface area contributed by atoms with E-state index in [1.807, 2.05) is 31.2 Å². The molecule has 0 aliphatic carbocycles. The fourth-order valence-electron chi connectivity index (χ4n) is 1.96. The van der Waals surface area contributed by atoms with Gasteiger partial charge in [-0.1, -0.05) is 12.1 Å². The largest absolute Gasteiger partial charge is 0.478 e. The first-order chi connectivity index (χ1) is 9.09. The number of nitrogens with one attached hydrogen (secondary N) is 1. The molecule has 0 amide bonds. The van der Waals surface area contributed by atoms with Crippen LogP contribution in [0.5, 0.6) is 0 Å². The van der Waals surface area contributed by atoms with Crippen LogP contribution in [0.25, 0.3) is 0 Å². The molecule has 0 bridgehead atoms. The minimum absolute atomic E-state index is 0.0175. The molecule has 1 unspecified atom stereocenters. The summed E-state index contributed by atoms with van der Waals surface area (Å²) >= 11 is 0. The molecule has 0 spiro atoms. The number of nitrogens with zero attached hydrogens (tertiary/aromatic N) is 1. The van der Waals surface area contributed by atoms with Gasteiger partial charge in [0, 0.05) is 11.9 Å². The molecule has 0 aliphatic heterocycles. The predicted molar refractivity (Wildman–Crippen MR) is 74.4 cm³/mol. The Morgan fingerprint density at radius 1 is 1.26 bits per heavy atom. The van der Waals surface area contributed by atoms with Gasteiger partial charge >= 0.3 is 5.97 Å². The molecule has 1 aromatic carbocycles. The Hall–Kier alpha value is -2.36. The van der Waals surface area contributed by atoms with Crippen molar-refractivity contribution in [3.05, 3.63) is 59.4 Å². The van der Waals surface area contributed by atoms with Gasteiger partial charge in [0.1, 0.15) is 0 Å². The molecule has 4 nitrogen and oxygen atoms in total. The highest BCUT2D eigenvalue weighted by Crippen LogP contribution is 2.23. The maximum atomic E-state index is 11.1. The van der Waals surface area contributed by atoms with E-state index in [4.69, 9.17) is 5.11 Å². The number of rotatable bonds is 4. The van der Waals surface area contributed by atoms with Crippen molar-refractivity contribution in [2.75, 3.05) is 5.32 Å². The van der Waals surface area contributed by atoms with Crippen LogP contribution in [-0.4, -0.2) is 16.1 Å².